The number of cyclic esters (lactones) is 2. The van der Waals surface area contributed by atoms with Gasteiger partial charge in [0.1, 0.15) is 0 Å². The zero-order valence-electron chi connectivity index (χ0n) is 17.2. The van der Waals surface area contributed by atoms with E-state index in [4.69, 9.17) is 4.74 Å². The number of fused-ring (bicyclic) bond motifs is 3. The number of rotatable bonds is 1. The first-order chi connectivity index (χ1) is 16.5. The molecule has 7 nitrogen and oxygen atoms in total. The Labute approximate surface area is 191 Å². The van der Waals surface area contributed by atoms with E-state index in [2.05, 4.69) is 0 Å². The van der Waals surface area contributed by atoms with Crippen LogP contribution in [0.25, 0.3) is 21.9 Å². The lowest BCUT2D eigenvalue weighted by Crippen LogP contribution is -2.41. The summed E-state index contributed by atoms with van der Waals surface area (Å²) in [7, 11) is 0. The first-order valence-corrected chi connectivity index (χ1v) is 10.5. The first-order valence-electron chi connectivity index (χ1n) is 10.5. The second-order valence-electron chi connectivity index (χ2n) is 8.30. The largest absolute Gasteiger partial charge is 0.386 e. The van der Waals surface area contributed by atoms with Gasteiger partial charge in [0, 0.05) is 33.0 Å². The highest BCUT2D eigenvalue weighted by atomic mass is 16.6. The third-order valence-electron chi connectivity index (χ3n) is 6.62. The molecule has 4 aromatic carbocycles. The minimum absolute atomic E-state index is 0.130. The molecule has 0 bridgehead atoms. The molecule has 7 heteroatoms. The minimum Gasteiger partial charge on any atom is -0.386 e. The van der Waals surface area contributed by atoms with Crippen LogP contribution in [-0.4, -0.2) is 29.5 Å². The number of hydrogen-bond acceptors (Lipinski definition) is 6. The molecule has 0 spiro atoms. The summed E-state index contributed by atoms with van der Waals surface area (Å²) in [4.78, 5) is 65.5. The van der Waals surface area contributed by atoms with Gasteiger partial charge in [-0.25, -0.2) is 14.5 Å². The Kier molecular flexibility index (Phi) is 3.35. The summed E-state index contributed by atoms with van der Waals surface area (Å²) in [5.41, 5.74) is 3.46. The van der Waals surface area contributed by atoms with Crippen molar-refractivity contribution in [2.75, 3.05) is 4.90 Å². The average molecular weight is 445 g/mol. The molecule has 7 rings (SSSR count). The number of amides is 2. The van der Waals surface area contributed by atoms with Gasteiger partial charge >= 0.3 is 11.9 Å². The maximum atomic E-state index is 13.5. The molecule has 2 amide bonds. The van der Waals surface area contributed by atoms with Gasteiger partial charge in [-0.1, -0.05) is 30.3 Å². The molecule has 2 heterocycles. The second kappa shape index (κ2) is 6.11. The van der Waals surface area contributed by atoms with Crippen molar-refractivity contribution in [3.8, 4) is 11.1 Å². The smallest absolute Gasteiger partial charge is 0.346 e. The van der Waals surface area contributed by atoms with Gasteiger partial charge in [-0.3, -0.25) is 14.4 Å². The molecule has 0 aromatic heterocycles. The summed E-state index contributed by atoms with van der Waals surface area (Å²) >= 11 is 0. The van der Waals surface area contributed by atoms with Crippen molar-refractivity contribution in [1.82, 2.24) is 0 Å². The molecule has 0 atom stereocenters. The SMILES string of the molecule is O=C1c2ccccc2-c2ccc(N3C(=O)c4ccc5c6c(ccc(c46)C3=O)C(=O)OC5=O)cc21. The lowest BCUT2D eigenvalue weighted by atomic mass is 9.87. The van der Waals surface area contributed by atoms with Crippen LogP contribution in [0, 0.1) is 0 Å². The molecule has 0 saturated heterocycles. The molecule has 34 heavy (non-hydrogen) atoms. The first kappa shape index (κ1) is 18.6. The van der Waals surface area contributed by atoms with E-state index in [1.165, 1.54) is 24.3 Å². The molecular formula is C27H11NO6. The summed E-state index contributed by atoms with van der Waals surface area (Å²) in [5.74, 6) is -3.01. The van der Waals surface area contributed by atoms with Gasteiger partial charge in [0.05, 0.1) is 16.8 Å². The number of anilines is 1. The average Bonchev–Trinajstić information content (AvgIpc) is 3.13. The van der Waals surface area contributed by atoms with E-state index < -0.39 is 23.8 Å². The monoisotopic (exact) mass is 445 g/mol. The molecule has 0 saturated carbocycles. The summed E-state index contributed by atoms with van der Waals surface area (Å²) in [6.45, 7) is 0. The minimum atomic E-state index is -0.819. The molecule has 1 aliphatic carbocycles. The van der Waals surface area contributed by atoms with E-state index in [1.807, 2.05) is 12.1 Å². The highest BCUT2D eigenvalue weighted by Gasteiger charge is 2.39. The van der Waals surface area contributed by atoms with E-state index in [1.54, 1.807) is 30.3 Å². The van der Waals surface area contributed by atoms with Gasteiger partial charge in [0.15, 0.2) is 5.78 Å². The normalized spacial score (nSPS) is 15.5. The van der Waals surface area contributed by atoms with Crippen molar-refractivity contribution in [3.05, 3.63) is 100 Å². The number of carbonyl (C=O) groups excluding carboxylic acids is 5. The fraction of sp³-hybridized carbons (Fsp3) is 0. The number of hydrogen-bond donors (Lipinski definition) is 0. The maximum absolute atomic E-state index is 13.5. The maximum Gasteiger partial charge on any atom is 0.346 e. The van der Waals surface area contributed by atoms with E-state index >= 15 is 0 Å². The van der Waals surface area contributed by atoms with Crippen LogP contribution in [0.4, 0.5) is 5.69 Å². The van der Waals surface area contributed by atoms with Crippen LogP contribution >= 0.6 is 0 Å². The predicted octanol–water partition coefficient (Wildman–Crippen LogP) is 4.16. The van der Waals surface area contributed by atoms with E-state index in [9.17, 15) is 24.0 Å². The highest BCUT2D eigenvalue weighted by molar-refractivity contribution is 6.38. The number of benzene rings is 4. The summed E-state index contributed by atoms with van der Waals surface area (Å²) in [5, 5.41) is 0.507. The Hall–Kier alpha value is -4.91. The van der Waals surface area contributed by atoms with Gasteiger partial charge in [-0.15, -0.1) is 0 Å². The summed E-state index contributed by atoms with van der Waals surface area (Å²) in [6.07, 6.45) is 0. The van der Waals surface area contributed by atoms with E-state index in [0.29, 0.717) is 11.1 Å². The quantitative estimate of drug-likeness (QED) is 0.218. The van der Waals surface area contributed by atoms with Crippen molar-refractivity contribution in [1.29, 1.82) is 0 Å². The number of ether oxygens (including phenoxy) is 1. The molecule has 0 fully saturated rings. The van der Waals surface area contributed by atoms with Crippen LogP contribution in [0.2, 0.25) is 0 Å². The molecular weight excluding hydrogens is 434 g/mol. The summed E-state index contributed by atoms with van der Waals surface area (Å²) < 4.78 is 4.77. The van der Waals surface area contributed by atoms with Crippen LogP contribution in [-0.2, 0) is 4.74 Å². The van der Waals surface area contributed by atoms with E-state index in [-0.39, 0.29) is 44.5 Å². The number of imide groups is 1. The number of nitrogens with zero attached hydrogens (tertiary/aromatic N) is 1. The van der Waals surface area contributed by atoms with E-state index in [0.717, 1.165) is 16.0 Å². The van der Waals surface area contributed by atoms with Crippen LogP contribution in [0.15, 0.2) is 66.7 Å². The third kappa shape index (κ3) is 2.13. The third-order valence-corrected chi connectivity index (χ3v) is 6.62. The van der Waals surface area contributed by atoms with Crippen LogP contribution in [0.5, 0.6) is 0 Å². The Morgan fingerprint density at radius 1 is 0.500 bits per heavy atom. The molecule has 0 radical (unpaired) electrons. The Bertz CT molecular complexity index is 1660. The standard InChI is InChI=1S/C27H11NO6/c29-23-15-4-2-1-3-13(15)14-6-5-12(11-20(14)23)28-24(30)16-7-9-18-22-19(27(33)34-26(18)32)10-8-17(21(16)22)25(28)31/h1-11H. The molecule has 160 valence electrons. The fourth-order valence-electron chi connectivity index (χ4n) is 5.11. The Balaban J connectivity index is 1.42. The molecule has 4 aromatic rings. The van der Waals surface area contributed by atoms with Crippen molar-refractivity contribution >= 4 is 46.0 Å². The Morgan fingerprint density at radius 2 is 1.00 bits per heavy atom. The molecule has 0 N–H and O–H groups in total. The summed E-state index contributed by atoms with van der Waals surface area (Å²) in [6, 6.07) is 17.9. The van der Waals surface area contributed by atoms with Gasteiger partial charge in [0.2, 0.25) is 0 Å². The van der Waals surface area contributed by atoms with Crippen LogP contribution in [0.1, 0.15) is 57.4 Å². The molecule has 0 unspecified atom stereocenters. The number of esters is 2. The van der Waals surface area contributed by atoms with Crippen molar-refractivity contribution in [2.45, 2.75) is 0 Å². The molecule has 3 aliphatic rings. The van der Waals surface area contributed by atoms with Crippen molar-refractivity contribution in [3.63, 3.8) is 0 Å². The topological polar surface area (TPSA) is 97.8 Å². The van der Waals surface area contributed by atoms with Gasteiger partial charge < -0.3 is 4.74 Å². The van der Waals surface area contributed by atoms with Crippen molar-refractivity contribution < 1.29 is 28.7 Å². The fourth-order valence-corrected chi connectivity index (χ4v) is 5.11. The van der Waals surface area contributed by atoms with Gasteiger partial charge in [-0.2, -0.15) is 0 Å². The lowest BCUT2D eigenvalue weighted by molar-refractivity contribution is 0.0390. The van der Waals surface area contributed by atoms with Gasteiger partial charge in [0.25, 0.3) is 11.8 Å². The zero-order chi connectivity index (χ0) is 23.3. The number of carbonyl (C=O) groups is 5. The van der Waals surface area contributed by atoms with Crippen molar-refractivity contribution in [2.24, 2.45) is 0 Å². The zero-order valence-corrected chi connectivity index (χ0v) is 17.2. The number of ketones is 1. The predicted molar refractivity (Wildman–Crippen MR) is 120 cm³/mol. The van der Waals surface area contributed by atoms with Crippen LogP contribution < -0.4 is 4.90 Å². The Morgan fingerprint density at radius 3 is 1.65 bits per heavy atom. The lowest BCUT2D eigenvalue weighted by Gasteiger charge is -2.29. The van der Waals surface area contributed by atoms with Gasteiger partial charge in [-0.05, 0) is 47.5 Å². The second-order valence-corrected chi connectivity index (χ2v) is 8.30. The molecule has 2 aliphatic heterocycles. The van der Waals surface area contributed by atoms with Crippen LogP contribution in [0.3, 0.4) is 0 Å². The highest BCUT2D eigenvalue weighted by Crippen LogP contribution is 2.41.